The summed E-state index contributed by atoms with van der Waals surface area (Å²) in [4.78, 5) is 78.9. The molecule has 0 aromatic heterocycles. The van der Waals surface area contributed by atoms with Crippen molar-refractivity contribution in [1.29, 1.82) is 0 Å². The minimum Gasteiger partial charge on any atom is -0.444 e. The number of nitrogens with one attached hydrogen (secondary N) is 3. The SMILES string of the molecule is CC(C)(C)OC(=O)N1CCCC2(C1)N=C(c1ccc(Cl)cc1)C(=O)N2CC(=O)Nc1ccc(F)c(F)c1.O=C(CN1C(=O)C(c2ccc(Cl)cc2)=NC12CCCNC2)Nc1ccc(F)c(F)c1. The van der Waals surface area contributed by atoms with Crippen molar-refractivity contribution in [2.45, 2.75) is 63.4 Å². The van der Waals surface area contributed by atoms with Gasteiger partial charge in [0, 0.05) is 57.8 Å². The highest BCUT2D eigenvalue weighted by atomic mass is 35.5. The quantitative estimate of drug-likeness (QED) is 0.153. The van der Waals surface area contributed by atoms with Crippen LogP contribution in [0.1, 0.15) is 57.6 Å². The Morgan fingerprint density at radius 3 is 1.60 bits per heavy atom. The molecule has 2 saturated heterocycles. The lowest BCUT2D eigenvalue weighted by molar-refractivity contribution is -0.134. The van der Waals surface area contributed by atoms with Crippen molar-refractivity contribution in [2.75, 3.05) is 49.9 Å². The Morgan fingerprint density at radius 2 is 1.15 bits per heavy atom. The fourth-order valence-corrected chi connectivity index (χ4v) is 8.39. The predicted molar refractivity (Wildman–Crippen MR) is 244 cm³/mol. The first-order valence-electron chi connectivity index (χ1n) is 21.3. The molecule has 4 aliphatic heterocycles. The van der Waals surface area contributed by atoms with Crippen molar-refractivity contribution in [2.24, 2.45) is 9.98 Å². The number of aliphatic imine (C=N–C) groups is 2. The summed E-state index contributed by atoms with van der Waals surface area (Å²) in [7, 11) is 0. The van der Waals surface area contributed by atoms with Crippen LogP contribution in [-0.4, -0.2) is 112 Å². The number of rotatable bonds is 8. The van der Waals surface area contributed by atoms with Crippen LogP contribution in [0.15, 0.2) is 94.9 Å². The zero-order valence-corrected chi connectivity index (χ0v) is 38.1. The number of hydrogen-bond acceptors (Lipinski definition) is 9. The summed E-state index contributed by atoms with van der Waals surface area (Å²) < 4.78 is 59.0. The zero-order valence-electron chi connectivity index (χ0n) is 36.6. The summed E-state index contributed by atoms with van der Waals surface area (Å²) in [5.74, 6) is -6.22. The second-order valence-corrected chi connectivity index (χ2v) is 18.2. The molecule has 2 fully saturated rings. The molecule has 67 heavy (non-hydrogen) atoms. The highest BCUT2D eigenvalue weighted by Gasteiger charge is 2.52. The number of amides is 5. The molecule has 20 heteroatoms. The highest BCUT2D eigenvalue weighted by Crippen LogP contribution is 2.37. The number of likely N-dealkylation sites (tertiary alicyclic amines) is 1. The molecule has 0 radical (unpaired) electrons. The molecule has 4 heterocycles. The van der Waals surface area contributed by atoms with Gasteiger partial charge in [0.25, 0.3) is 11.8 Å². The van der Waals surface area contributed by atoms with E-state index < -0.39 is 70.6 Å². The van der Waals surface area contributed by atoms with E-state index in [9.17, 15) is 41.5 Å². The molecule has 0 aliphatic carbocycles. The smallest absolute Gasteiger partial charge is 0.410 e. The fraction of sp³-hybridized carbons (Fsp3) is 0.340. The van der Waals surface area contributed by atoms with Crippen molar-refractivity contribution in [3.63, 3.8) is 0 Å². The number of carbonyl (C=O) groups excluding carboxylic acids is 5. The summed E-state index contributed by atoms with van der Waals surface area (Å²) in [6, 6.07) is 19.4. The second kappa shape index (κ2) is 19.8. The largest absolute Gasteiger partial charge is 0.444 e. The Hall–Kier alpha value is -6.37. The van der Waals surface area contributed by atoms with E-state index in [-0.39, 0.29) is 41.8 Å². The molecule has 352 valence electrons. The Labute approximate surface area is 393 Å². The van der Waals surface area contributed by atoms with Gasteiger partial charge in [-0.05, 0) is 102 Å². The molecule has 2 atom stereocenters. The first kappa shape index (κ1) is 48.6. The van der Waals surface area contributed by atoms with E-state index in [2.05, 4.69) is 16.0 Å². The molecule has 2 unspecified atom stereocenters. The van der Waals surface area contributed by atoms with E-state index in [0.29, 0.717) is 53.5 Å². The van der Waals surface area contributed by atoms with E-state index in [4.69, 9.17) is 37.9 Å². The van der Waals surface area contributed by atoms with Crippen molar-refractivity contribution in [3.05, 3.63) is 129 Å². The summed E-state index contributed by atoms with van der Waals surface area (Å²) >= 11 is 11.9. The minimum absolute atomic E-state index is 0.0310. The maximum atomic E-state index is 13.6. The van der Waals surface area contributed by atoms with E-state index in [1.807, 2.05) is 0 Å². The number of piperidine rings is 2. The van der Waals surface area contributed by atoms with Gasteiger partial charge in [0.15, 0.2) is 28.9 Å². The van der Waals surface area contributed by atoms with Gasteiger partial charge in [-0.1, -0.05) is 47.5 Å². The Morgan fingerprint density at radius 1 is 0.687 bits per heavy atom. The van der Waals surface area contributed by atoms with E-state index >= 15 is 0 Å². The lowest BCUT2D eigenvalue weighted by Gasteiger charge is -2.43. The third-order valence-electron chi connectivity index (χ3n) is 11.2. The Bertz CT molecular complexity index is 2640. The van der Waals surface area contributed by atoms with Crippen LogP contribution >= 0.6 is 23.2 Å². The molecule has 14 nitrogen and oxygen atoms in total. The van der Waals surface area contributed by atoms with Gasteiger partial charge in [0.2, 0.25) is 11.8 Å². The number of halogens is 6. The van der Waals surface area contributed by atoms with Crippen molar-refractivity contribution >= 4 is 75.7 Å². The number of ether oxygens (including phenoxy) is 1. The highest BCUT2D eigenvalue weighted by molar-refractivity contribution is 6.48. The molecule has 3 N–H and O–H groups in total. The van der Waals surface area contributed by atoms with E-state index in [1.54, 1.807) is 69.3 Å². The molecule has 5 amide bonds. The molecule has 4 aromatic rings. The van der Waals surface area contributed by atoms with Gasteiger partial charge < -0.3 is 35.4 Å². The minimum atomic E-state index is -1.20. The van der Waals surface area contributed by atoms with Crippen LogP contribution in [0.5, 0.6) is 0 Å². The van der Waals surface area contributed by atoms with Crippen LogP contribution in [-0.2, 0) is 23.9 Å². The maximum Gasteiger partial charge on any atom is 0.410 e. The first-order valence-corrected chi connectivity index (χ1v) is 22.0. The van der Waals surface area contributed by atoms with Gasteiger partial charge in [0.1, 0.15) is 35.8 Å². The van der Waals surface area contributed by atoms with Gasteiger partial charge in [-0.15, -0.1) is 0 Å². The molecule has 0 bridgehead atoms. The second-order valence-electron chi connectivity index (χ2n) is 17.3. The molecule has 4 aliphatic rings. The standard InChI is InChI=1S/C26H27ClF2N4O4.C21H19ClF2N4O2/c1-25(2,3)37-24(36)32-12-4-11-26(15-32)31-22(16-5-7-17(27)8-6-16)23(35)33(26)14-21(34)30-18-9-10-19(28)20(29)13-18;22-14-4-2-13(3-5-14)19-20(30)28(21(27-19)8-1-9-25-12-21)11-18(29)26-15-6-7-16(23)17(24)10-15/h5-10,13H,4,11-12,14-15H2,1-3H3,(H,30,34);2-7,10,25H,1,8-9,11-12H2,(H,26,29). The number of nitrogens with zero attached hydrogens (tertiary/aromatic N) is 5. The van der Waals surface area contributed by atoms with Crippen molar-refractivity contribution < 1.29 is 46.3 Å². The number of carbonyl (C=O) groups is 5. The lowest BCUT2D eigenvalue weighted by Crippen LogP contribution is -2.59. The van der Waals surface area contributed by atoms with Gasteiger partial charge in [-0.2, -0.15) is 0 Å². The van der Waals surface area contributed by atoms with Crippen LogP contribution in [0.25, 0.3) is 0 Å². The Kier molecular flexibility index (Phi) is 14.4. The zero-order chi connectivity index (χ0) is 48.3. The first-order chi connectivity index (χ1) is 31.7. The third kappa shape index (κ3) is 11.3. The van der Waals surface area contributed by atoms with Gasteiger partial charge in [-0.25, -0.2) is 32.3 Å². The van der Waals surface area contributed by atoms with Gasteiger partial charge >= 0.3 is 6.09 Å². The molecular weight excluding hydrogens is 919 g/mol. The summed E-state index contributed by atoms with van der Waals surface area (Å²) in [5.41, 5.74) is -1.07. The monoisotopic (exact) mass is 964 g/mol. The Balaban J connectivity index is 0.000000203. The summed E-state index contributed by atoms with van der Waals surface area (Å²) in [6.07, 6.45) is 1.80. The topological polar surface area (TPSA) is 165 Å². The number of hydrogen-bond donors (Lipinski definition) is 3. The van der Waals surface area contributed by atoms with Crippen molar-refractivity contribution in [3.8, 4) is 0 Å². The maximum absolute atomic E-state index is 13.6. The molecular formula is C47H46Cl2F4N8O6. The lowest BCUT2D eigenvalue weighted by atomic mass is 9.97. The molecule has 4 aromatic carbocycles. The van der Waals surface area contributed by atoms with Crippen LogP contribution < -0.4 is 16.0 Å². The average Bonchev–Trinajstić information content (AvgIpc) is 3.68. The van der Waals surface area contributed by atoms with Crippen LogP contribution in [0.3, 0.4) is 0 Å². The average molecular weight is 966 g/mol. The normalized spacial score (nSPS) is 20.3. The van der Waals surface area contributed by atoms with Crippen LogP contribution in [0.4, 0.5) is 33.7 Å². The predicted octanol–water partition coefficient (Wildman–Crippen LogP) is 7.58. The molecule has 0 saturated carbocycles. The van der Waals surface area contributed by atoms with Crippen LogP contribution in [0, 0.1) is 23.3 Å². The van der Waals surface area contributed by atoms with Gasteiger partial charge in [0.05, 0.1) is 6.54 Å². The van der Waals surface area contributed by atoms with E-state index in [0.717, 1.165) is 37.2 Å². The van der Waals surface area contributed by atoms with Crippen molar-refractivity contribution in [1.82, 2.24) is 20.0 Å². The van der Waals surface area contributed by atoms with Crippen LogP contribution in [0.2, 0.25) is 10.0 Å². The summed E-state index contributed by atoms with van der Waals surface area (Å²) in [5, 5.41) is 9.28. The summed E-state index contributed by atoms with van der Waals surface area (Å²) in [6.45, 7) is 6.26. The molecule has 2 spiro atoms. The third-order valence-corrected chi connectivity index (χ3v) is 11.7. The molecule has 8 rings (SSSR count). The van der Waals surface area contributed by atoms with E-state index in [1.165, 1.54) is 26.8 Å². The van der Waals surface area contributed by atoms with Gasteiger partial charge in [-0.3, -0.25) is 19.2 Å². The number of benzene rings is 4. The fourth-order valence-electron chi connectivity index (χ4n) is 8.14. The number of anilines is 2.